The lowest BCUT2D eigenvalue weighted by Gasteiger charge is -2.08. The zero-order valence-electron chi connectivity index (χ0n) is 13.9. The summed E-state index contributed by atoms with van der Waals surface area (Å²) in [5.74, 6) is -0.802. The van der Waals surface area contributed by atoms with Crippen molar-refractivity contribution in [2.75, 3.05) is 11.1 Å². The van der Waals surface area contributed by atoms with Crippen LogP contribution in [-0.2, 0) is 4.79 Å². The Morgan fingerprint density at radius 2 is 2.08 bits per heavy atom. The topological polar surface area (TPSA) is 103 Å². The average Bonchev–Trinajstić information content (AvgIpc) is 2.54. The van der Waals surface area contributed by atoms with Crippen LogP contribution >= 0.6 is 11.8 Å². The maximum Gasteiger partial charge on any atom is 0.335 e. The minimum atomic E-state index is -1.04. The van der Waals surface area contributed by atoms with Crippen molar-refractivity contribution in [3.05, 3.63) is 52.7 Å². The van der Waals surface area contributed by atoms with Gasteiger partial charge in [0.25, 0.3) is 0 Å². The van der Waals surface area contributed by atoms with Gasteiger partial charge in [0.1, 0.15) is 11.1 Å². The number of thioether (sulfide) groups is 1. The summed E-state index contributed by atoms with van der Waals surface area (Å²) < 4.78 is 0. The SMILES string of the molecule is Cc1cc(C)c(C#N)c(SCCC(=O)Nc2cccc(C(=O)O)c2)n1. The molecule has 0 saturated heterocycles. The number of benzene rings is 1. The van der Waals surface area contributed by atoms with Crippen LogP contribution in [0.25, 0.3) is 0 Å². The fourth-order valence-corrected chi connectivity index (χ4v) is 3.28. The summed E-state index contributed by atoms with van der Waals surface area (Å²) in [6.07, 6.45) is 0.224. The van der Waals surface area contributed by atoms with Crippen molar-refractivity contribution in [1.29, 1.82) is 5.26 Å². The Morgan fingerprint density at radius 1 is 1.32 bits per heavy atom. The molecule has 6 nitrogen and oxygen atoms in total. The molecule has 1 amide bonds. The van der Waals surface area contributed by atoms with Crippen LogP contribution < -0.4 is 5.32 Å². The number of aromatic carboxylic acids is 1. The Balaban J connectivity index is 1.94. The lowest BCUT2D eigenvalue weighted by molar-refractivity contribution is -0.115. The number of anilines is 1. The number of aryl methyl sites for hydroxylation is 2. The van der Waals surface area contributed by atoms with E-state index in [4.69, 9.17) is 5.11 Å². The highest BCUT2D eigenvalue weighted by Gasteiger charge is 2.11. The summed E-state index contributed by atoms with van der Waals surface area (Å²) in [4.78, 5) is 27.3. The van der Waals surface area contributed by atoms with Gasteiger partial charge in [0.2, 0.25) is 5.91 Å². The van der Waals surface area contributed by atoms with Crippen LogP contribution in [0.3, 0.4) is 0 Å². The standard InChI is InChI=1S/C18H17N3O3S/c1-11-8-12(2)20-17(15(11)10-19)25-7-6-16(22)21-14-5-3-4-13(9-14)18(23)24/h3-5,8-9H,6-7H2,1-2H3,(H,21,22)(H,23,24). The molecule has 0 bridgehead atoms. The van der Waals surface area contributed by atoms with Gasteiger partial charge in [0.05, 0.1) is 11.1 Å². The molecule has 0 fully saturated rings. The number of hydrogen-bond acceptors (Lipinski definition) is 5. The lowest BCUT2D eigenvalue weighted by atomic mass is 10.1. The number of pyridine rings is 1. The van der Waals surface area contributed by atoms with Crippen LogP contribution in [0, 0.1) is 25.2 Å². The third kappa shape index (κ3) is 5.06. The quantitative estimate of drug-likeness (QED) is 0.770. The highest BCUT2D eigenvalue weighted by Crippen LogP contribution is 2.24. The van der Waals surface area contributed by atoms with Crippen LogP contribution in [0.1, 0.15) is 33.6 Å². The first-order valence-corrected chi connectivity index (χ1v) is 8.53. The van der Waals surface area contributed by atoms with Crippen molar-refractivity contribution >= 4 is 29.3 Å². The second-order valence-corrected chi connectivity index (χ2v) is 6.49. The van der Waals surface area contributed by atoms with E-state index in [2.05, 4.69) is 16.4 Å². The van der Waals surface area contributed by atoms with Crippen LogP contribution in [-0.4, -0.2) is 27.7 Å². The molecular weight excluding hydrogens is 338 g/mol. The minimum absolute atomic E-state index is 0.116. The molecule has 0 radical (unpaired) electrons. The lowest BCUT2D eigenvalue weighted by Crippen LogP contribution is -2.12. The molecule has 2 aromatic rings. The van der Waals surface area contributed by atoms with E-state index in [9.17, 15) is 14.9 Å². The van der Waals surface area contributed by atoms with E-state index in [-0.39, 0.29) is 17.9 Å². The first kappa shape index (κ1) is 18.5. The van der Waals surface area contributed by atoms with E-state index in [1.54, 1.807) is 12.1 Å². The molecule has 0 aliphatic rings. The second-order valence-electron chi connectivity index (χ2n) is 5.41. The highest BCUT2D eigenvalue weighted by molar-refractivity contribution is 7.99. The predicted octanol–water partition coefficient (Wildman–Crippen LogP) is 3.39. The van der Waals surface area contributed by atoms with E-state index in [0.29, 0.717) is 22.0 Å². The molecule has 2 rings (SSSR count). The van der Waals surface area contributed by atoms with Gasteiger partial charge in [-0.15, -0.1) is 11.8 Å². The van der Waals surface area contributed by atoms with Crippen molar-refractivity contribution in [2.24, 2.45) is 0 Å². The zero-order valence-corrected chi connectivity index (χ0v) is 14.7. The van der Waals surface area contributed by atoms with Crippen LogP contribution in [0.5, 0.6) is 0 Å². The first-order chi connectivity index (χ1) is 11.9. The molecule has 0 saturated carbocycles. The number of amides is 1. The second kappa shape index (κ2) is 8.31. The maximum atomic E-state index is 12.0. The van der Waals surface area contributed by atoms with Gasteiger partial charge in [-0.1, -0.05) is 6.07 Å². The molecule has 128 valence electrons. The molecule has 0 spiro atoms. The summed E-state index contributed by atoms with van der Waals surface area (Å²) in [5, 5.41) is 21.5. The van der Waals surface area contributed by atoms with Gasteiger partial charge >= 0.3 is 5.97 Å². The van der Waals surface area contributed by atoms with E-state index in [0.717, 1.165) is 11.3 Å². The number of nitriles is 1. The van der Waals surface area contributed by atoms with Crippen molar-refractivity contribution in [2.45, 2.75) is 25.3 Å². The summed E-state index contributed by atoms with van der Waals surface area (Å²) >= 11 is 1.36. The van der Waals surface area contributed by atoms with Gasteiger partial charge in [-0.3, -0.25) is 4.79 Å². The van der Waals surface area contributed by atoms with Crippen molar-refractivity contribution in [3.63, 3.8) is 0 Å². The number of nitrogens with one attached hydrogen (secondary N) is 1. The summed E-state index contributed by atoms with van der Waals surface area (Å²) in [6, 6.07) is 10.1. The zero-order chi connectivity index (χ0) is 18.4. The van der Waals surface area contributed by atoms with Crippen LogP contribution in [0.15, 0.2) is 35.4 Å². The Bertz CT molecular complexity index is 859. The molecule has 1 aromatic heterocycles. The fraction of sp³-hybridized carbons (Fsp3) is 0.222. The molecule has 0 atom stereocenters. The smallest absolute Gasteiger partial charge is 0.335 e. The molecule has 1 heterocycles. The number of carbonyl (C=O) groups is 2. The van der Waals surface area contributed by atoms with E-state index in [1.807, 2.05) is 19.9 Å². The van der Waals surface area contributed by atoms with Gasteiger partial charge in [-0.05, 0) is 43.7 Å². The summed E-state index contributed by atoms with van der Waals surface area (Å²) in [7, 11) is 0. The third-order valence-corrected chi connectivity index (χ3v) is 4.36. The maximum absolute atomic E-state index is 12.0. The molecule has 1 aromatic carbocycles. The highest BCUT2D eigenvalue weighted by atomic mass is 32.2. The fourth-order valence-electron chi connectivity index (χ4n) is 2.24. The summed E-state index contributed by atoms with van der Waals surface area (Å²) in [6.45, 7) is 3.72. The number of carbonyl (C=O) groups excluding carboxylic acids is 1. The Kier molecular flexibility index (Phi) is 6.14. The number of aromatic nitrogens is 1. The van der Waals surface area contributed by atoms with Gasteiger partial charge in [0, 0.05) is 23.6 Å². The molecule has 25 heavy (non-hydrogen) atoms. The van der Waals surface area contributed by atoms with Gasteiger partial charge in [-0.25, -0.2) is 9.78 Å². The first-order valence-electron chi connectivity index (χ1n) is 7.55. The Morgan fingerprint density at radius 3 is 2.76 bits per heavy atom. The predicted molar refractivity (Wildman–Crippen MR) is 95.8 cm³/mol. The molecular formula is C18H17N3O3S. The Labute approximate surface area is 149 Å². The van der Waals surface area contributed by atoms with E-state index >= 15 is 0 Å². The van der Waals surface area contributed by atoms with Crippen molar-refractivity contribution < 1.29 is 14.7 Å². The molecule has 2 N–H and O–H groups in total. The van der Waals surface area contributed by atoms with Crippen molar-refractivity contribution in [3.8, 4) is 6.07 Å². The monoisotopic (exact) mass is 355 g/mol. The minimum Gasteiger partial charge on any atom is -0.478 e. The van der Waals surface area contributed by atoms with Gasteiger partial charge in [-0.2, -0.15) is 5.26 Å². The average molecular weight is 355 g/mol. The van der Waals surface area contributed by atoms with Crippen molar-refractivity contribution in [1.82, 2.24) is 4.98 Å². The summed E-state index contributed by atoms with van der Waals surface area (Å²) in [5.41, 5.74) is 2.79. The number of carboxylic acid groups (broad SMARTS) is 1. The van der Waals surface area contributed by atoms with Gasteiger partial charge in [0.15, 0.2) is 0 Å². The number of nitrogens with zero attached hydrogens (tertiary/aromatic N) is 2. The number of carboxylic acids is 1. The molecule has 0 aliphatic heterocycles. The van der Waals surface area contributed by atoms with Gasteiger partial charge < -0.3 is 10.4 Å². The molecule has 0 unspecified atom stereocenters. The largest absolute Gasteiger partial charge is 0.478 e. The van der Waals surface area contributed by atoms with E-state index in [1.165, 1.54) is 23.9 Å². The molecule has 0 aliphatic carbocycles. The Hall–Kier alpha value is -2.85. The number of rotatable bonds is 6. The normalized spacial score (nSPS) is 10.1. The van der Waals surface area contributed by atoms with Crippen LogP contribution in [0.2, 0.25) is 0 Å². The molecule has 7 heteroatoms. The third-order valence-electron chi connectivity index (χ3n) is 3.38. The van der Waals surface area contributed by atoms with Crippen LogP contribution in [0.4, 0.5) is 5.69 Å². The van der Waals surface area contributed by atoms with E-state index < -0.39 is 5.97 Å². The number of hydrogen-bond donors (Lipinski definition) is 2.